The smallest absolute Gasteiger partial charge is 0.0678 e. The summed E-state index contributed by atoms with van der Waals surface area (Å²) in [6.07, 6.45) is 2.00. The van der Waals surface area contributed by atoms with Crippen LogP contribution in [0.2, 0.25) is 0 Å². The molecule has 0 aliphatic carbocycles. The normalized spacial score (nSPS) is 29.2. The molecule has 0 amide bonds. The van der Waals surface area contributed by atoms with Crippen LogP contribution in [-0.4, -0.2) is 49.8 Å². The lowest BCUT2D eigenvalue weighted by atomic mass is 10.1. The van der Waals surface area contributed by atoms with Gasteiger partial charge in [-0.3, -0.25) is 4.90 Å². The number of rotatable bonds is 6. The minimum absolute atomic E-state index is 0.388. The zero-order valence-electron chi connectivity index (χ0n) is 11.3. The summed E-state index contributed by atoms with van der Waals surface area (Å²) in [5.74, 6) is 0.726. The molecule has 0 aromatic carbocycles. The van der Waals surface area contributed by atoms with Crippen LogP contribution in [0.25, 0.3) is 0 Å². The third kappa shape index (κ3) is 5.28. The summed E-state index contributed by atoms with van der Waals surface area (Å²) in [5.41, 5.74) is 0. The maximum Gasteiger partial charge on any atom is 0.0678 e. The fraction of sp³-hybridized carbons (Fsp3) is 1.00. The molecule has 0 bridgehead atoms. The lowest BCUT2D eigenvalue weighted by Gasteiger charge is -2.36. The molecule has 0 radical (unpaired) electrons. The largest absolute Gasteiger partial charge is 0.373 e. The number of hydrogen-bond acceptors (Lipinski definition) is 3. The molecule has 96 valence electrons. The summed E-state index contributed by atoms with van der Waals surface area (Å²) in [5, 5.41) is 3.49. The van der Waals surface area contributed by atoms with E-state index in [1.54, 1.807) is 0 Å². The molecule has 0 saturated carbocycles. The summed E-state index contributed by atoms with van der Waals surface area (Å²) in [7, 11) is 0. The predicted octanol–water partition coefficient (Wildman–Crippen LogP) is 1.73. The number of morpholine rings is 1. The number of nitrogens with zero attached hydrogens (tertiary/aromatic N) is 1. The first-order valence-corrected chi connectivity index (χ1v) is 6.70. The molecule has 1 rings (SSSR count). The first kappa shape index (κ1) is 13.9. The average Bonchev–Trinajstić information content (AvgIpc) is 2.16. The van der Waals surface area contributed by atoms with E-state index in [0.29, 0.717) is 12.2 Å². The molecular formula is C13H28N2O. The van der Waals surface area contributed by atoms with Crippen LogP contribution in [0, 0.1) is 5.92 Å². The zero-order chi connectivity index (χ0) is 12.0. The molecule has 1 aliphatic rings. The summed E-state index contributed by atoms with van der Waals surface area (Å²) >= 11 is 0. The third-order valence-corrected chi connectivity index (χ3v) is 2.98. The first-order chi connectivity index (χ1) is 7.61. The third-order valence-electron chi connectivity index (χ3n) is 2.98. The molecule has 1 aliphatic heterocycles. The molecule has 3 unspecified atom stereocenters. The summed E-state index contributed by atoms with van der Waals surface area (Å²) in [6.45, 7) is 14.5. The molecule has 1 N–H and O–H groups in total. The van der Waals surface area contributed by atoms with E-state index in [4.69, 9.17) is 4.74 Å². The Labute approximate surface area is 101 Å². The standard InChI is InChI=1S/C13H28N2O/c1-5-6-14-7-11(2)8-15-9-12(3)16-13(4)10-15/h11-14H,5-10H2,1-4H3. The molecule has 0 aromatic heterocycles. The van der Waals surface area contributed by atoms with Crippen LogP contribution in [-0.2, 0) is 4.74 Å². The van der Waals surface area contributed by atoms with Gasteiger partial charge in [-0.1, -0.05) is 13.8 Å². The monoisotopic (exact) mass is 228 g/mol. The Balaban J connectivity index is 2.19. The number of nitrogens with one attached hydrogen (secondary N) is 1. The molecule has 3 nitrogen and oxygen atoms in total. The minimum atomic E-state index is 0.388. The topological polar surface area (TPSA) is 24.5 Å². The van der Waals surface area contributed by atoms with Crippen LogP contribution in [0.1, 0.15) is 34.1 Å². The van der Waals surface area contributed by atoms with E-state index < -0.39 is 0 Å². The van der Waals surface area contributed by atoms with E-state index in [2.05, 4.69) is 37.9 Å². The van der Waals surface area contributed by atoms with Crippen molar-refractivity contribution in [1.82, 2.24) is 10.2 Å². The minimum Gasteiger partial charge on any atom is -0.373 e. The lowest BCUT2D eigenvalue weighted by molar-refractivity contribution is -0.0708. The van der Waals surface area contributed by atoms with Gasteiger partial charge in [0.1, 0.15) is 0 Å². The highest BCUT2D eigenvalue weighted by atomic mass is 16.5. The van der Waals surface area contributed by atoms with Crippen LogP contribution in [0.3, 0.4) is 0 Å². The van der Waals surface area contributed by atoms with Gasteiger partial charge in [-0.05, 0) is 39.3 Å². The second kappa shape index (κ2) is 7.25. The van der Waals surface area contributed by atoms with Crippen molar-refractivity contribution in [3.8, 4) is 0 Å². The summed E-state index contributed by atoms with van der Waals surface area (Å²) in [6, 6.07) is 0. The number of hydrogen-bond donors (Lipinski definition) is 1. The zero-order valence-corrected chi connectivity index (χ0v) is 11.3. The molecule has 1 saturated heterocycles. The van der Waals surface area contributed by atoms with E-state index >= 15 is 0 Å². The first-order valence-electron chi connectivity index (χ1n) is 6.70. The summed E-state index contributed by atoms with van der Waals surface area (Å²) < 4.78 is 5.74. The Hall–Kier alpha value is -0.120. The van der Waals surface area contributed by atoms with Crippen molar-refractivity contribution < 1.29 is 4.74 Å². The van der Waals surface area contributed by atoms with Crippen molar-refractivity contribution in [3.63, 3.8) is 0 Å². The van der Waals surface area contributed by atoms with E-state index in [-0.39, 0.29) is 0 Å². The van der Waals surface area contributed by atoms with Crippen molar-refractivity contribution in [2.45, 2.75) is 46.3 Å². The van der Waals surface area contributed by atoms with Gasteiger partial charge in [0.2, 0.25) is 0 Å². The SMILES string of the molecule is CCCNCC(C)CN1CC(C)OC(C)C1. The van der Waals surface area contributed by atoms with Gasteiger partial charge in [-0.2, -0.15) is 0 Å². The van der Waals surface area contributed by atoms with Gasteiger partial charge < -0.3 is 10.1 Å². The van der Waals surface area contributed by atoms with Crippen LogP contribution in [0.15, 0.2) is 0 Å². The van der Waals surface area contributed by atoms with Crippen molar-refractivity contribution in [3.05, 3.63) is 0 Å². The Morgan fingerprint density at radius 2 is 1.94 bits per heavy atom. The van der Waals surface area contributed by atoms with Crippen LogP contribution in [0.4, 0.5) is 0 Å². The molecule has 1 heterocycles. The van der Waals surface area contributed by atoms with Crippen molar-refractivity contribution in [2.24, 2.45) is 5.92 Å². The van der Waals surface area contributed by atoms with E-state index in [0.717, 1.165) is 32.1 Å². The van der Waals surface area contributed by atoms with Gasteiger partial charge in [0, 0.05) is 19.6 Å². The van der Waals surface area contributed by atoms with Gasteiger partial charge in [-0.25, -0.2) is 0 Å². The van der Waals surface area contributed by atoms with Crippen LogP contribution >= 0.6 is 0 Å². The lowest BCUT2D eigenvalue weighted by Crippen LogP contribution is -2.47. The highest BCUT2D eigenvalue weighted by Crippen LogP contribution is 2.12. The molecule has 3 atom stereocenters. The van der Waals surface area contributed by atoms with Gasteiger partial charge >= 0.3 is 0 Å². The van der Waals surface area contributed by atoms with Crippen LogP contribution < -0.4 is 5.32 Å². The van der Waals surface area contributed by atoms with Crippen molar-refractivity contribution in [1.29, 1.82) is 0 Å². The van der Waals surface area contributed by atoms with Gasteiger partial charge in [0.25, 0.3) is 0 Å². The molecular weight excluding hydrogens is 200 g/mol. The average molecular weight is 228 g/mol. The van der Waals surface area contributed by atoms with Gasteiger partial charge in [0.05, 0.1) is 12.2 Å². The van der Waals surface area contributed by atoms with E-state index in [1.165, 1.54) is 13.0 Å². The quantitative estimate of drug-likeness (QED) is 0.701. The highest BCUT2D eigenvalue weighted by Gasteiger charge is 2.22. The van der Waals surface area contributed by atoms with E-state index in [1.807, 2.05) is 0 Å². The Kier molecular flexibility index (Phi) is 6.32. The fourth-order valence-electron chi connectivity index (χ4n) is 2.46. The molecule has 0 aromatic rings. The Bertz CT molecular complexity index is 177. The maximum atomic E-state index is 5.74. The van der Waals surface area contributed by atoms with E-state index in [9.17, 15) is 0 Å². The highest BCUT2D eigenvalue weighted by molar-refractivity contribution is 4.75. The van der Waals surface area contributed by atoms with Crippen molar-refractivity contribution in [2.75, 3.05) is 32.7 Å². The molecule has 0 spiro atoms. The molecule has 16 heavy (non-hydrogen) atoms. The fourth-order valence-corrected chi connectivity index (χ4v) is 2.46. The Morgan fingerprint density at radius 3 is 2.50 bits per heavy atom. The second-order valence-electron chi connectivity index (χ2n) is 5.29. The Morgan fingerprint density at radius 1 is 1.31 bits per heavy atom. The maximum absolute atomic E-state index is 5.74. The van der Waals surface area contributed by atoms with Crippen molar-refractivity contribution >= 4 is 0 Å². The predicted molar refractivity (Wildman–Crippen MR) is 68.8 cm³/mol. The molecule has 3 heteroatoms. The second-order valence-corrected chi connectivity index (χ2v) is 5.29. The van der Waals surface area contributed by atoms with Gasteiger partial charge in [0.15, 0.2) is 0 Å². The molecule has 1 fully saturated rings. The number of ether oxygens (including phenoxy) is 1. The van der Waals surface area contributed by atoms with Crippen LogP contribution in [0.5, 0.6) is 0 Å². The summed E-state index contributed by atoms with van der Waals surface area (Å²) in [4.78, 5) is 2.54. The van der Waals surface area contributed by atoms with Gasteiger partial charge in [-0.15, -0.1) is 0 Å².